The fourth-order valence-electron chi connectivity index (χ4n) is 3.57. The lowest BCUT2D eigenvalue weighted by Crippen LogP contribution is -2.52. The van der Waals surface area contributed by atoms with Crippen molar-refractivity contribution in [2.45, 2.75) is 62.6 Å². The Bertz CT molecular complexity index is 306. The molecule has 1 aliphatic carbocycles. The number of ether oxygens (including phenoxy) is 1. The zero-order valence-electron chi connectivity index (χ0n) is 9.82. The van der Waals surface area contributed by atoms with Gasteiger partial charge in [0.2, 0.25) is 0 Å². The van der Waals surface area contributed by atoms with Crippen molar-refractivity contribution >= 4 is 0 Å². The summed E-state index contributed by atoms with van der Waals surface area (Å²) in [6.45, 7) is 2.03. The minimum Gasteiger partial charge on any atom is -0.375 e. The van der Waals surface area contributed by atoms with E-state index < -0.39 is 0 Å². The van der Waals surface area contributed by atoms with Gasteiger partial charge in [-0.3, -0.25) is 4.90 Å². The first kappa shape index (κ1) is 10.6. The highest BCUT2D eigenvalue weighted by Crippen LogP contribution is 2.44. The molecule has 0 amide bonds. The van der Waals surface area contributed by atoms with Gasteiger partial charge >= 0.3 is 0 Å². The zero-order chi connectivity index (χ0) is 11.0. The molecule has 0 radical (unpaired) electrons. The summed E-state index contributed by atoms with van der Waals surface area (Å²) in [5.41, 5.74) is 0.214. The van der Waals surface area contributed by atoms with E-state index in [-0.39, 0.29) is 11.6 Å². The summed E-state index contributed by atoms with van der Waals surface area (Å²) >= 11 is 0. The Balaban J connectivity index is 1.68. The first-order valence-electron chi connectivity index (χ1n) is 6.62. The van der Waals surface area contributed by atoms with Crippen LogP contribution in [-0.4, -0.2) is 35.7 Å². The Hall–Kier alpha value is -0.590. The molecule has 2 aliphatic heterocycles. The van der Waals surface area contributed by atoms with Crippen LogP contribution in [0.1, 0.15) is 44.9 Å². The second kappa shape index (κ2) is 4.01. The lowest BCUT2D eigenvalue weighted by molar-refractivity contribution is -0.148. The van der Waals surface area contributed by atoms with Crippen molar-refractivity contribution in [3.8, 4) is 6.07 Å². The van der Waals surface area contributed by atoms with Crippen LogP contribution in [0, 0.1) is 11.3 Å². The van der Waals surface area contributed by atoms with Crippen molar-refractivity contribution < 1.29 is 4.74 Å². The number of nitriles is 1. The quantitative estimate of drug-likeness (QED) is 0.679. The Morgan fingerprint density at radius 1 is 1.25 bits per heavy atom. The summed E-state index contributed by atoms with van der Waals surface area (Å²) in [5, 5.41) is 9.15. The molecular formula is C13H20N2O. The van der Waals surface area contributed by atoms with Gasteiger partial charge in [-0.25, -0.2) is 0 Å². The Labute approximate surface area is 97.4 Å². The van der Waals surface area contributed by atoms with Crippen LogP contribution in [0.4, 0.5) is 0 Å². The topological polar surface area (TPSA) is 36.3 Å². The molecule has 3 heteroatoms. The van der Waals surface area contributed by atoms with E-state index in [9.17, 15) is 0 Å². The molecule has 0 aromatic carbocycles. The predicted molar refractivity (Wildman–Crippen MR) is 60.9 cm³/mol. The molecular weight excluding hydrogens is 200 g/mol. The minimum atomic E-state index is 0.181. The third kappa shape index (κ3) is 1.65. The number of hydrogen-bond acceptors (Lipinski definition) is 3. The van der Waals surface area contributed by atoms with Gasteiger partial charge in [-0.05, 0) is 51.5 Å². The van der Waals surface area contributed by atoms with E-state index in [1.165, 1.54) is 32.1 Å². The third-order valence-electron chi connectivity index (χ3n) is 4.64. The van der Waals surface area contributed by atoms with Gasteiger partial charge in [0.05, 0.1) is 17.7 Å². The molecule has 3 rings (SSSR count). The van der Waals surface area contributed by atoms with Crippen molar-refractivity contribution in [1.29, 1.82) is 5.26 Å². The second-order valence-corrected chi connectivity index (χ2v) is 5.56. The monoisotopic (exact) mass is 220 g/mol. The Morgan fingerprint density at radius 2 is 2.12 bits per heavy atom. The van der Waals surface area contributed by atoms with Crippen LogP contribution in [0.5, 0.6) is 0 Å². The molecule has 2 unspecified atom stereocenters. The zero-order valence-corrected chi connectivity index (χ0v) is 9.82. The Kier molecular flexibility index (Phi) is 2.65. The van der Waals surface area contributed by atoms with Crippen LogP contribution in [0.15, 0.2) is 0 Å². The molecule has 16 heavy (non-hydrogen) atoms. The van der Waals surface area contributed by atoms with Crippen LogP contribution >= 0.6 is 0 Å². The summed E-state index contributed by atoms with van der Waals surface area (Å²) in [4.78, 5) is 2.45. The molecule has 3 fully saturated rings. The highest BCUT2D eigenvalue weighted by atomic mass is 16.5. The summed E-state index contributed by atoms with van der Waals surface area (Å²) in [5.74, 6) is 0. The highest BCUT2D eigenvalue weighted by molar-refractivity contribution is 5.03. The molecule has 2 atom stereocenters. The highest BCUT2D eigenvalue weighted by Gasteiger charge is 2.45. The maximum Gasteiger partial charge on any atom is 0.0980 e. The maximum atomic E-state index is 9.15. The van der Waals surface area contributed by atoms with Crippen LogP contribution in [0.3, 0.4) is 0 Å². The molecule has 0 N–H and O–H groups in total. The van der Waals surface area contributed by atoms with Gasteiger partial charge in [0.1, 0.15) is 0 Å². The largest absolute Gasteiger partial charge is 0.375 e. The molecule has 1 spiro atoms. The van der Waals surface area contributed by atoms with Crippen molar-refractivity contribution in [2.75, 3.05) is 13.2 Å². The van der Waals surface area contributed by atoms with E-state index in [2.05, 4.69) is 11.0 Å². The predicted octanol–water partition coefficient (Wildman–Crippen LogP) is 2.08. The maximum absolute atomic E-state index is 9.15. The van der Waals surface area contributed by atoms with Crippen LogP contribution < -0.4 is 0 Å². The lowest BCUT2D eigenvalue weighted by Gasteiger charge is -2.49. The summed E-state index contributed by atoms with van der Waals surface area (Å²) in [7, 11) is 0. The van der Waals surface area contributed by atoms with Crippen molar-refractivity contribution in [3.05, 3.63) is 0 Å². The van der Waals surface area contributed by atoms with Gasteiger partial charge in [0.15, 0.2) is 0 Å². The second-order valence-electron chi connectivity index (χ2n) is 5.56. The number of rotatable bonds is 1. The fourth-order valence-corrected chi connectivity index (χ4v) is 3.57. The summed E-state index contributed by atoms with van der Waals surface area (Å²) < 4.78 is 5.95. The van der Waals surface area contributed by atoms with Crippen molar-refractivity contribution in [3.63, 3.8) is 0 Å². The molecule has 2 heterocycles. The first-order chi connectivity index (χ1) is 7.83. The first-order valence-corrected chi connectivity index (χ1v) is 6.62. The molecule has 3 aliphatic rings. The summed E-state index contributed by atoms with van der Waals surface area (Å²) in [6, 6.07) is 3.25. The van der Waals surface area contributed by atoms with Gasteiger partial charge in [-0.15, -0.1) is 0 Å². The van der Waals surface area contributed by atoms with Gasteiger partial charge in [-0.1, -0.05) is 0 Å². The smallest absolute Gasteiger partial charge is 0.0980 e. The molecule has 88 valence electrons. The standard InChI is InChI=1S/C13H20N2O/c14-10-12-3-1-7-15(12)11-4-8-16-13(9-11)5-2-6-13/h11-12H,1-9H2. The molecule has 3 nitrogen and oxygen atoms in total. The van der Waals surface area contributed by atoms with Crippen LogP contribution in [-0.2, 0) is 4.74 Å². The number of nitrogens with zero attached hydrogens (tertiary/aromatic N) is 2. The molecule has 1 saturated carbocycles. The van der Waals surface area contributed by atoms with E-state index >= 15 is 0 Å². The van der Waals surface area contributed by atoms with Gasteiger partial charge in [0, 0.05) is 12.6 Å². The molecule has 0 bridgehead atoms. The number of likely N-dealkylation sites (tertiary alicyclic amines) is 1. The normalized spacial score (nSPS) is 38.2. The molecule has 2 saturated heterocycles. The minimum absolute atomic E-state index is 0.181. The van der Waals surface area contributed by atoms with E-state index in [4.69, 9.17) is 10.00 Å². The average molecular weight is 220 g/mol. The van der Waals surface area contributed by atoms with E-state index in [1.54, 1.807) is 0 Å². The van der Waals surface area contributed by atoms with E-state index in [1.807, 2.05) is 0 Å². The van der Waals surface area contributed by atoms with E-state index in [0.29, 0.717) is 6.04 Å². The SMILES string of the molecule is N#CC1CCCN1C1CCOC2(CCC2)C1. The Morgan fingerprint density at radius 3 is 2.81 bits per heavy atom. The third-order valence-corrected chi connectivity index (χ3v) is 4.64. The van der Waals surface area contributed by atoms with Gasteiger partial charge in [-0.2, -0.15) is 5.26 Å². The fraction of sp³-hybridized carbons (Fsp3) is 0.923. The number of hydrogen-bond donors (Lipinski definition) is 0. The van der Waals surface area contributed by atoms with Gasteiger partial charge in [0.25, 0.3) is 0 Å². The van der Waals surface area contributed by atoms with Crippen LogP contribution in [0.25, 0.3) is 0 Å². The van der Waals surface area contributed by atoms with E-state index in [0.717, 1.165) is 26.0 Å². The summed E-state index contributed by atoms with van der Waals surface area (Å²) in [6.07, 6.45) is 8.38. The average Bonchev–Trinajstić information content (AvgIpc) is 2.75. The van der Waals surface area contributed by atoms with Crippen LogP contribution in [0.2, 0.25) is 0 Å². The van der Waals surface area contributed by atoms with Gasteiger partial charge < -0.3 is 4.74 Å². The van der Waals surface area contributed by atoms with Crippen molar-refractivity contribution in [1.82, 2.24) is 4.90 Å². The van der Waals surface area contributed by atoms with Crippen molar-refractivity contribution in [2.24, 2.45) is 0 Å². The lowest BCUT2D eigenvalue weighted by atomic mass is 9.73. The molecule has 0 aromatic heterocycles. The molecule has 0 aromatic rings.